The van der Waals surface area contributed by atoms with Crippen molar-refractivity contribution in [3.8, 4) is 11.3 Å². The summed E-state index contributed by atoms with van der Waals surface area (Å²) in [6.45, 7) is 4.74. The standard InChI is InChI=1S/C18H21N5S/c1-3-15-16(14-9-10-20-12(14)2)22-18(24-15)23-17(19)21-11-13-7-5-4-6-8-13/h4-10,20H,3,11H2,1-2H3,(H3,19,21,22,23). The van der Waals surface area contributed by atoms with Crippen LogP contribution in [0.15, 0.2) is 47.6 Å². The summed E-state index contributed by atoms with van der Waals surface area (Å²) in [5, 5.41) is 3.89. The van der Waals surface area contributed by atoms with Crippen LogP contribution in [-0.4, -0.2) is 15.9 Å². The lowest BCUT2D eigenvalue weighted by Crippen LogP contribution is -2.22. The number of aromatic nitrogens is 2. The number of aromatic amines is 1. The first-order chi connectivity index (χ1) is 11.7. The van der Waals surface area contributed by atoms with Crippen LogP contribution in [0.1, 0.15) is 23.1 Å². The normalized spacial score (nSPS) is 11.7. The average molecular weight is 339 g/mol. The van der Waals surface area contributed by atoms with Gasteiger partial charge in [-0.05, 0) is 25.0 Å². The van der Waals surface area contributed by atoms with E-state index < -0.39 is 0 Å². The first kappa shape index (κ1) is 16.3. The van der Waals surface area contributed by atoms with Gasteiger partial charge in [-0.1, -0.05) is 37.3 Å². The smallest absolute Gasteiger partial charge is 0.195 e. The van der Waals surface area contributed by atoms with E-state index in [9.17, 15) is 0 Å². The lowest BCUT2D eigenvalue weighted by atomic mass is 10.1. The van der Waals surface area contributed by atoms with Crippen molar-refractivity contribution in [1.29, 1.82) is 0 Å². The van der Waals surface area contributed by atoms with Gasteiger partial charge >= 0.3 is 0 Å². The van der Waals surface area contributed by atoms with Crippen molar-refractivity contribution >= 4 is 22.4 Å². The Hall–Kier alpha value is -2.60. The molecule has 0 unspecified atom stereocenters. The molecule has 0 aliphatic rings. The van der Waals surface area contributed by atoms with Crippen molar-refractivity contribution in [3.63, 3.8) is 0 Å². The summed E-state index contributed by atoms with van der Waals surface area (Å²) in [6.07, 6.45) is 2.87. The van der Waals surface area contributed by atoms with Crippen LogP contribution >= 0.6 is 11.3 Å². The number of rotatable bonds is 5. The van der Waals surface area contributed by atoms with E-state index in [-0.39, 0.29) is 0 Å². The van der Waals surface area contributed by atoms with Crippen LogP contribution in [0.4, 0.5) is 5.13 Å². The van der Waals surface area contributed by atoms with Crippen molar-refractivity contribution in [1.82, 2.24) is 9.97 Å². The number of H-pyrrole nitrogens is 1. The molecule has 5 nitrogen and oxygen atoms in total. The van der Waals surface area contributed by atoms with Gasteiger partial charge in [-0.3, -0.25) is 0 Å². The van der Waals surface area contributed by atoms with Crippen LogP contribution < -0.4 is 11.1 Å². The van der Waals surface area contributed by atoms with Gasteiger partial charge in [0.25, 0.3) is 0 Å². The maximum atomic E-state index is 6.00. The average Bonchev–Trinajstić information content (AvgIpc) is 3.19. The van der Waals surface area contributed by atoms with Gasteiger partial charge in [0, 0.05) is 22.3 Å². The second-order valence-electron chi connectivity index (χ2n) is 5.47. The molecule has 1 aromatic carbocycles. The Labute approximate surface area is 145 Å². The van der Waals surface area contributed by atoms with E-state index >= 15 is 0 Å². The van der Waals surface area contributed by atoms with Crippen molar-refractivity contribution in [3.05, 3.63) is 58.7 Å². The molecule has 3 aromatic rings. The lowest BCUT2D eigenvalue weighted by Gasteiger charge is -2.02. The number of hydrogen-bond donors (Lipinski definition) is 3. The van der Waals surface area contributed by atoms with E-state index in [2.05, 4.69) is 35.2 Å². The van der Waals surface area contributed by atoms with Crippen LogP contribution in [-0.2, 0) is 13.0 Å². The Morgan fingerprint density at radius 3 is 2.75 bits per heavy atom. The van der Waals surface area contributed by atoms with Crippen LogP contribution in [0.2, 0.25) is 0 Å². The molecule has 0 aliphatic carbocycles. The molecule has 0 atom stereocenters. The fraction of sp³-hybridized carbons (Fsp3) is 0.222. The molecule has 2 heterocycles. The number of thiazole rings is 1. The van der Waals surface area contributed by atoms with Crippen LogP contribution in [0.25, 0.3) is 11.3 Å². The maximum Gasteiger partial charge on any atom is 0.195 e. The maximum absolute atomic E-state index is 6.00. The molecule has 2 aromatic heterocycles. The minimum Gasteiger partial charge on any atom is -0.370 e. The number of hydrogen-bond acceptors (Lipinski definition) is 3. The molecule has 0 radical (unpaired) electrons. The fourth-order valence-corrected chi connectivity index (χ4v) is 3.40. The van der Waals surface area contributed by atoms with Crippen molar-refractivity contribution in [2.45, 2.75) is 26.8 Å². The molecule has 3 rings (SSSR count). The highest BCUT2D eigenvalue weighted by molar-refractivity contribution is 7.16. The third-order valence-electron chi connectivity index (χ3n) is 3.74. The monoisotopic (exact) mass is 339 g/mol. The number of nitrogens with two attached hydrogens (primary N) is 1. The molecule has 0 spiro atoms. The summed E-state index contributed by atoms with van der Waals surface area (Å²) in [6, 6.07) is 12.1. The third-order valence-corrected chi connectivity index (χ3v) is 4.85. The first-order valence-electron chi connectivity index (χ1n) is 7.92. The molecule has 0 bridgehead atoms. The summed E-state index contributed by atoms with van der Waals surface area (Å²) < 4.78 is 0. The molecule has 0 fully saturated rings. The molecule has 0 aliphatic heterocycles. The first-order valence-corrected chi connectivity index (χ1v) is 8.74. The molecule has 0 saturated heterocycles. The summed E-state index contributed by atoms with van der Waals surface area (Å²) in [5.74, 6) is 0.382. The Kier molecular flexibility index (Phi) is 4.96. The van der Waals surface area contributed by atoms with Crippen LogP contribution in [0.5, 0.6) is 0 Å². The van der Waals surface area contributed by atoms with Gasteiger partial charge in [-0.25, -0.2) is 9.98 Å². The van der Waals surface area contributed by atoms with Gasteiger partial charge in [-0.2, -0.15) is 0 Å². The zero-order chi connectivity index (χ0) is 16.9. The second-order valence-corrected chi connectivity index (χ2v) is 6.56. The summed E-state index contributed by atoms with van der Waals surface area (Å²) in [7, 11) is 0. The molecule has 4 N–H and O–H groups in total. The zero-order valence-corrected chi connectivity index (χ0v) is 14.7. The summed E-state index contributed by atoms with van der Waals surface area (Å²) in [5.41, 5.74) is 10.4. The zero-order valence-electron chi connectivity index (χ0n) is 13.8. The van der Waals surface area contributed by atoms with Gasteiger partial charge in [-0.15, -0.1) is 11.3 Å². The van der Waals surface area contributed by atoms with Crippen molar-refractivity contribution in [2.75, 3.05) is 5.32 Å². The van der Waals surface area contributed by atoms with Crippen LogP contribution in [0, 0.1) is 6.92 Å². The number of guanidine groups is 1. The molecule has 124 valence electrons. The highest BCUT2D eigenvalue weighted by Crippen LogP contribution is 2.32. The molecule has 0 saturated carbocycles. The van der Waals surface area contributed by atoms with E-state index in [0.717, 1.165) is 34.1 Å². The number of benzene rings is 1. The molecule has 0 amide bonds. The lowest BCUT2D eigenvalue weighted by molar-refractivity contribution is 1.06. The van der Waals surface area contributed by atoms with Gasteiger partial charge in [0.2, 0.25) is 0 Å². The van der Waals surface area contributed by atoms with Gasteiger partial charge < -0.3 is 16.0 Å². The van der Waals surface area contributed by atoms with E-state index in [4.69, 9.17) is 10.7 Å². The Bertz CT molecular complexity index is 832. The molecular formula is C18H21N5S. The number of anilines is 1. The number of aryl methyl sites for hydroxylation is 2. The highest BCUT2D eigenvalue weighted by Gasteiger charge is 2.14. The van der Waals surface area contributed by atoms with E-state index in [1.807, 2.05) is 36.5 Å². The Balaban J connectivity index is 1.76. The summed E-state index contributed by atoms with van der Waals surface area (Å²) >= 11 is 1.62. The highest BCUT2D eigenvalue weighted by atomic mass is 32.1. The second kappa shape index (κ2) is 7.31. The number of nitrogens with zero attached hydrogens (tertiary/aromatic N) is 2. The van der Waals surface area contributed by atoms with Gasteiger partial charge in [0.05, 0.1) is 12.2 Å². The van der Waals surface area contributed by atoms with E-state index in [1.54, 1.807) is 11.3 Å². The van der Waals surface area contributed by atoms with E-state index in [0.29, 0.717) is 12.5 Å². The van der Waals surface area contributed by atoms with Gasteiger partial charge in [0.1, 0.15) is 0 Å². The molecule has 24 heavy (non-hydrogen) atoms. The SMILES string of the molecule is CCc1sc(NC(N)=NCc2ccccc2)nc1-c1cc[nH]c1C. The number of nitrogens with one attached hydrogen (secondary N) is 2. The minimum atomic E-state index is 0.382. The Morgan fingerprint density at radius 2 is 2.08 bits per heavy atom. The van der Waals surface area contributed by atoms with E-state index in [1.165, 1.54) is 4.88 Å². The van der Waals surface area contributed by atoms with Crippen molar-refractivity contribution in [2.24, 2.45) is 10.7 Å². The minimum absolute atomic E-state index is 0.382. The third kappa shape index (κ3) is 3.65. The predicted octanol–water partition coefficient (Wildman–Crippen LogP) is 3.94. The van der Waals surface area contributed by atoms with Crippen molar-refractivity contribution < 1.29 is 0 Å². The largest absolute Gasteiger partial charge is 0.370 e. The quantitative estimate of drug-likeness (QED) is 0.487. The molecule has 6 heteroatoms. The summed E-state index contributed by atoms with van der Waals surface area (Å²) in [4.78, 5) is 13.5. The van der Waals surface area contributed by atoms with Gasteiger partial charge in [0.15, 0.2) is 11.1 Å². The topological polar surface area (TPSA) is 79.1 Å². The fourth-order valence-electron chi connectivity index (χ4n) is 2.47. The molecular weight excluding hydrogens is 318 g/mol. The Morgan fingerprint density at radius 1 is 1.29 bits per heavy atom. The van der Waals surface area contributed by atoms with Crippen LogP contribution in [0.3, 0.4) is 0 Å². The predicted molar refractivity (Wildman–Crippen MR) is 101 cm³/mol. The number of aliphatic imine (C=N–C) groups is 1.